The van der Waals surface area contributed by atoms with Crippen LogP contribution in [0.4, 0.5) is 0 Å². The van der Waals surface area contributed by atoms with E-state index < -0.39 is 0 Å². The summed E-state index contributed by atoms with van der Waals surface area (Å²) in [6.07, 6.45) is 3.76. The summed E-state index contributed by atoms with van der Waals surface area (Å²) < 4.78 is 0. The van der Waals surface area contributed by atoms with Crippen LogP contribution in [0, 0.1) is 0 Å². The lowest BCUT2D eigenvalue weighted by molar-refractivity contribution is 0.286. The van der Waals surface area contributed by atoms with Gasteiger partial charge in [-0.15, -0.1) is 0 Å². The second kappa shape index (κ2) is 9.46. The van der Waals surface area contributed by atoms with Gasteiger partial charge < -0.3 is 10.6 Å². The molecule has 1 aromatic rings. The molecule has 4 nitrogen and oxygen atoms in total. The first-order chi connectivity index (χ1) is 10.8. The third kappa shape index (κ3) is 6.06. The standard InChI is InChI=1S/C18H30N4/c1-3-19-18(20-13-12-16-8-6-5-7-9-16)21-14-15-22(4-2)17-10-11-17/h5-9,17H,3-4,10-15H2,1-2H3,(H2,19,20,21). The lowest BCUT2D eigenvalue weighted by Crippen LogP contribution is -2.39. The van der Waals surface area contributed by atoms with Crippen LogP contribution in [0.3, 0.4) is 0 Å². The maximum Gasteiger partial charge on any atom is 0.191 e. The highest BCUT2D eigenvalue weighted by Gasteiger charge is 2.27. The largest absolute Gasteiger partial charge is 0.357 e. The molecule has 2 N–H and O–H groups in total. The quantitative estimate of drug-likeness (QED) is 0.543. The van der Waals surface area contributed by atoms with Crippen molar-refractivity contribution in [2.24, 2.45) is 4.99 Å². The molecule has 0 bridgehead atoms. The lowest BCUT2D eigenvalue weighted by atomic mass is 10.1. The van der Waals surface area contributed by atoms with Gasteiger partial charge in [0.15, 0.2) is 5.96 Å². The maximum absolute atomic E-state index is 4.70. The Morgan fingerprint density at radius 2 is 1.95 bits per heavy atom. The molecule has 1 aliphatic rings. The molecule has 0 heterocycles. The molecule has 1 aliphatic carbocycles. The van der Waals surface area contributed by atoms with Crippen LogP contribution in [0.25, 0.3) is 0 Å². The summed E-state index contributed by atoms with van der Waals surface area (Å²) in [5, 5.41) is 6.75. The van der Waals surface area contributed by atoms with Crippen LogP contribution >= 0.6 is 0 Å². The van der Waals surface area contributed by atoms with Crippen molar-refractivity contribution < 1.29 is 0 Å². The zero-order valence-electron chi connectivity index (χ0n) is 14.0. The Labute approximate surface area is 135 Å². The molecule has 1 aromatic carbocycles. The smallest absolute Gasteiger partial charge is 0.191 e. The normalized spacial score (nSPS) is 15.1. The Kier molecular flexibility index (Phi) is 7.23. The van der Waals surface area contributed by atoms with Crippen LogP contribution < -0.4 is 10.6 Å². The molecule has 0 aromatic heterocycles. The second-order valence-corrected chi connectivity index (χ2v) is 5.78. The molecule has 2 rings (SSSR count). The van der Waals surface area contributed by atoms with E-state index in [1.54, 1.807) is 0 Å². The highest BCUT2D eigenvalue weighted by Crippen LogP contribution is 2.25. The molecule has 1 saturated carbocycles. The topological polar surface area (TPSA) is 39.7 Å². The third-order valence-corrected chi connectivity index (χ3v) is 4.02. The van der Waals surface area contributed by atoms with Crippen LogP contribution in [0.1, 0.15) is 32.3 Å². The molecule has 0 unspecified atom stereocenters. The number of nitrogens with one attached hydrogen (secondary N) is 2. The molecule has 22 heavy (non-hydrogen) atoms. The number of nitrogens with zero attached hydrogens (tertiary/aromatic N) is 2. The van der Waals surface area contributed by atoms with Crippen molar-refractivity contribution in [1.82, 2.24) is 15.5 Å². The Bertz CT molecular complexity index is 440. The molecule has 0 atom stereocenters. The minimum absolute atomic E-state index is 0.828. The Morgan fingerprint density at radius 1 is 1.18 bits per heavy atom. The van der Waals surface area contributed by atoms with Crippen molar-refractivity contribution >= 4 is 5.96 Å². The molecule has 0 saturated heterocycles. The Hall–Kier alpha value is -1.55. The average Bonchev–Trinajstić information content (AvgIpc) is 3.37. The fraction of sp³-hybridized carbons (Fsp3) is 0.611. The third-order valence-electron chi connectivity index (χ3n) is 4.02. The predicted molar refractivity (Wildman–Crippen MR) is 94.4 cm³/mol. The minimum Gasteiger partial charge on any atom is -0.357 e. The van der Waals surface area contributed by atoms with E-state index in [9.17, 15) is 0 Å². The zero-order chi connectivity index (χ0) is 15.6. The SMILES string of the molecule is CCNC(=NCCN(CC)C1CC1)NCCc1ccccc1. The molecule has 0 aliphatic heterocycles. The highest BCUT2D eigenvalue weighted by molar-refractivity contribution is 5.79. The summed E-state index contributed by atoms with van der Waals surface area (Å²) in [4.78, 5) is 7.23. The molecule has 0 radical (unpaired) electrons. The van der Waals surface area contributed by atoms with Gasteiger partial charge in [0.05, 0.1) is 6.54 Å². The summed E-state index contributed by atoms with van der Waals surface area (Å²) in [6.45, 7) is 9.23. The van der Waals surface area contributed by atoms with E-state index in [0.29, 0.717) is 0 Å². The highest BCUT2D eigenvalue weighted by atomic mass is 15.2. The first-order valence-electron chi connectivity index (χ1n) is 8.63. The van der Waals surface area contributed by atoms with Gasteiger partial charge in [0.2, 0.25) is 0 Å². The lowest BCUT2D eigenvalue weighted by Gasteiger charge is -2.19. The van der Waals surface area contributed by atoms with Crippen molar-refractivity contribution in [2.75, 3.05) is 32.7 Å². The fourth-order valence-corrected chi connectivity index (χ4v) is 2.64. The number of aliphatic imine (C=N–C) groups is 1. The summed E-state index contributed by atoms with van der Waals surface area (Å²) >= 11 is 0. The molecule has 0 spiro atoms. The van der Waals surface area contributed by atoms with Crippen LogP contribution in [0.15, 0.2) is 35.3 Å². The maximum atomic E-state index is 4.70. The van der Waals surface area contributed by atoms with E-state index in [1.807, 2.05) is 0 Å². The van der Waals surface area contributed by atoms with Crippen molar-refractivity contribution in [2.45, 2.75) is 39.2 Å². The molecule has 4 heteroatoms. The number of guanidine groups is 1. The first-order valence-corrected chi connectivity index (χ1v) is 8.63. The molecular formula is C18H30N4. The van der Waals surface area contributed by atoms with Gasteiger partial charge in [-0.2, -0.15) is 0 Å². The van der Waals surface area contributed by atoms with E-state index in [1.165, 1.54) is 18.4 Å². The number of hydrogen-bond acceptors (Lipinski definition) is 2. The van der Waals surface area contributed by atoms with Gasteiger partial charge >= 0.3 is 0 Å². The van der Waals surface area contributed by atoms with E-state index in [-0.39, 0.29) is 0 Å². The number of hydrogen-bond donors (Lipinski definition) is 2. The van der Waals surface area contributed by atoms with E-state index >= 15 is 0 Å². The summed E-state index contributed by atoms with van der Waals surface area (Å²) in [6, 6.07) is 11.4. The van der Waals surface area contributed by atoms with Gasteiger partial charge in [-0.3, -0.25) is 9.89 Å². The zero-order valence-corrected chi connectivity index (χ0v) is 14.0. The molecule has 0 amide bonds. The van der Waals surface area contributed by atoms with Crippen LogP contribution in [0.5, 0.6) is 0 Å². The minimum atomic E-state index is 0.828. The number of benzene rings is 1. The molecular weight excluding hydrogens is 272 g/mol. The molecule has 122 valence electrons. The second-order valence-electron chi connectivity index (χ2n) is 5.78. The summed E-state index contributed by atoms with van der Waals surface area (Å²) in [5.41, 5.74) is 1.36. The van der Waals surface area contributed by atoms with Gasteiger partial charge in [-0.1, -0.05) is 37.3 Å². The Morgan fingerprint density at radius 3 is 2.59 bits per heavy atom. The Balaban J connectivity index is 1.72. The fourth-order valence-electron chi connectivity index (χ4n) is 2.64. The van der Waals surface area contributed by atoms with Crippen molar-refractivity contribution in [3.8, 4) is 0 Å². The van der Waals surface area contributed by atoms with Gasteiger partial charge in [0, 0.05) is 25.7 Å². The van der Waals surface area contributed by atoms with Crippen molar-refractivity contribution in [1.29, 1.82) is 0 Å². The van der Waals surface area contributed by atoms with E-state index in [4.69, 9.17) is 4.99 Å². The van der Waals surface area contributed by atoms with Gasteiger partial charge in [0.1, 0.15) is 0 Å². The van der Waals surface area contributed by atoms with Gasteiger partial charge in [0.25, 0.3) is 0 Å². The average molecular weight is 302 g/mol. The van der Waals surface area contributed by atoms with Crippen molar-refractivity contribution in [3.05, 3.63) is 35.9 Å². The number of rotatable bonds is 9. The predicted octanol–water partition coefficient (Wildman–Crippen LogP) is 2.27. The monoisotopic (exact) mass is 302 g/mol. The van der Waals surface area contributed by atoms with Gasteiger partial charge in [-0.25, -0.2) is 0 Å². The van der Waals surface area contributed by atoms with E-state index in [2.05, 4.69) is 59.7 Å². The van der Waals surface area contributed by atoms with Gasteiger partial charge in [-0.05, 0) is 38.3 Å². The summed E-state index contributed by atoms with van der Waals surface area (Å²) in [5.74, 6) is 0.935. The van der Waals surface area contributed by atoms with Crippen LogP contribution in [0.2, 0.25) is 0 Å². The van der Waals surface area contributed by atoms with E-state index in [0.717, 1.165) is 51.1 Å². The van der Waals surface area contributed by atoms with Crippen LogP contribution in [-0.2, 0) is 6.42 Å². The van der Waals surface area contributed by atoms with Crippen molar-refractivity contribution in [3.63, 3.8) is 0 Å². The number of likely N-dealkylation sites (N-methyl/N-ethyl adjacent to an activating group) is 1. The first kappa shape index (κ1) is 16.8. The van der Waals surface area contributed by atoms with Crippen LogP contribution in [-0.4, -0.2) is 49.6 Å². The summed E-state index contributed by atoms with van der Waals surface area (Å²) in [7, 11) is 0. The molecule has 1 fully saturated rings.